The number of rotatable bonds is 4. The minimum Gasteiger partial charge on any atom is -0.376 e. The van der Waals surface area contributed by atoms with Gasteiger partial charge in [-0.1, -0.05) is 0 Å². The smallest absolute Gasteiger partial charge is 0.177 e. The molecule has 0 aliphatic carbocycles. The Bertz CT molecular complexity index is 1680. The second-order valence-corrected chi connectivity index (χ2v) is 8.89. The van der Waals surface area contributed by atoms with Crippen molar-refractivity contribution < 1.29 is 8.78 Å². The average Bonchev–Trinajstić information content (AvgIpc) is 3.56. The Labute approximate surface area is 195 Å². The number of H-pyrrole nitrogens is 2. The molecule has 0 bridgehead atoms. The van der Waals surface area contributed by atoms with Crippen LogP contribution in [0.2, 0.25) is 0 Å². The van der Waals surface area contributed by atoms with E-state index in [0.717, 1.165) is 17.0 Å². The lowest BCUT2D eigenvalue weighted by molar-refractivity contribution is 0.638. The molecule has 0 amide bonds. The lowest BCUT2D eigenvalue weighted by Crippen LogP contribution is -2.09. The van der Waals surface area contributed by atoms with Gasteiger partial charge in [-0.3, -0.25) is 20.1 Å². The summed E-state index contributed by atoms with van der Waals surface area (Å²) >= 11 is 0.988. The van der Waals surface area contributed by atoms with Gasteiger partial charge >= 0.3 is 0 Å². The molecule has 6 heterocycles. The highest BCUT2D eigenvalue weighted by atomic mass is 32.1. The van der Waals surface area contributed by atoms with Gasteiger partial charge in [0.1, 0.15) is 22.6 Å². The molecule has 0 aromatic carbocycles. The third-order valence-corrected chi connectivity index (χ3v) is 6.37. The van der Waals surface area contributed by atoms with Crippen LogP contribution in [-0.2, 0) is 0 Å². The number of hydrogen-bond acceptors (Lipinski definition) is 7. The highest BCUT2D eigenvalue weighted by Crippen LogP contribution is 2.35. The van der Waals surface area contributed by atoms with E-state index in [2.05, 4.69) is 35.1 Å². The zero-order chi connectivity index (χ0) is 23.4. The van der Waals surface area contributed by atoms with Crippen LogP contribution >= 0.6 is 11.3 Å². The summed E-state index contributed by atoms with van der Waals surface area (Å²) in [5.74, 6) is -0.165. The molecule has 34 heavy (non-hydrogen) atoms. The third kappa shape index (κ3) is 3.20. The number of nitrogens with one attached hydrogen (secondary N) is 2. The van der Waals surface area contributed by atoms with Gasteiger partial charge in [0.05, 0.1) is 39.4 Å². The minimum absolute atomic E-state index is 0.166. The summed E-state index contributed by atoms with van der Waals surface area (Å²) in [6.07, 6.45) is 6.43. The van der Waals surface area contributed by atoms with Crippen LogP contribution < -0.4 is 4.90 Å². The van der Waals surface area contributed by atoms with Crippen LogP contribution in [0.1, 0.15) is 0 Å². The molecule has 168 valence electrons. The predicted octanol–water partition coefficient (Wildman–Crippen LogP) is 5.03. The maximum absolute atomic E-state index is 15.8. The topological polar surface area (TPSA) is 99.3 Å². The van der Waals surface area contributed by atoms with Crippen LogP contribution in [0.4, 0.5) is 14.5 Å². The number of nitrogens with zero attached hydrogens (tertiary/aromatic N) is 6. The Balaban J connectivity index is 1.52. The molecular formula is C23H16F2N8S. The monoisotopic (exact) mass is 474 g/mol. The second kappa shape index (κ2) is 7.66. The molecule has 6 aromatic heterocycles. The van der Waals surface area contributed by atoms with E-state index in [-0.39, 0.29) is 16.2 Å². The van der Waals surface area contributed by atoms with Gasteiger partial charge in [-0.2, -0.15) is 9.49 Å². The summed E-state index contributed by atoms with van der Waals surface area (Å²) in [6.45, 7) is 0. The lowest BCUT2D eigenvalue weighted by atomic mass is 10.1. The summed E-state index contributed by atoms with van der Waals surface area (Å²) < 4.78 is 29.4. The van der Waals surface area contributed by atoms with Crippen molar-refractivity contribution in [1.82, 2.24) is 35.1 Å². The Morgan fingerprint density at radius 3 is 2.62 bits per heavy atom. The minimum atomic E-state index is -0.530. The normalized spacial score (nSPS) is 11.5. The highest BCUT2D eigenvalue weighted by molar-refractivity contribution is 7.13. The second-order valence-electron chi connectivity index (χ2n) is 7.85. The molecule has 0 radical (unpaired) electrons. The SMILES string of the molecule is CN(C)c1cncc(-c2ncc3[nH]nc(-c4nc5c(-c6ccc(F)s6)nccc5[nH]4)c3c2F)c1. The molecule has 0 fully saturated rings. The van der Waals surface area contributed by atoms with Gasteiger partial charge in [0.2, 0.25) is 0 Å². The van der Waals surface area contributed by atoms with Crippen molar-refractivity contribution in [3.05, 3.63) is 60.0 Å². The fourth-order valence-corrected chi connectivity index (χ4v) is 4.55. The summed E-state index contributed by atoms with van der Waals surface area (Å²) in [5, 5.41) is 7.09. The number of anilines is 1. The van der Waals surface area contributed by atoms with E-state index < -0.39 is 5.82 Å². The van der Waals surface area contributed by atoms with Crippen molar-refractivity contribution in [1.29, 1.82) is 0 Å². The maximum Gasteiger partial charge on any atom is 0.177 e. The fourth-order valence-electron chi connectivity index (χ4n) is 3.82. The van der Waals surface area contributed by atoms with Gasteiger partial charge < -0.3 is 9.88 Å². The number of imidazole rings is 1. The fraction of sp³-hybridized carbons (Fsp3) is 0.0870. The van der Waals surface area contributed by atoms with Crippen LogP contribution in [0.15, 0.2) is 49.1 Å². The van der Waals surface area contributed by atoms with Crippen LogP contribution in [0, 0.1) is 10.9 Å². The number of aromatic nitrogens is 7. The molecule has 0 unspecified atom stereocenters. The first-order chi connectivity index (χ1) is 16.5. The van der Waals surface area contributed by atoms with E-state index in [9.17, 15) is 4.39 Å². The number of hydrogen-bond donors (Lipinski definition) is 2. The van der Waals surface area contributed by atoms with Gasteiger partial charge in [-0.05, 0) is 24.3 Å². The Hall–Kier alpha value is -4.25. The van der Waals surface area contributed by atoms with E-state index in [4.69, 9.17) is 0 Å². The lowest BCUT2D eigenvalue weighted by Gasteiger charge is -2.13. The zero-order valence-corrected chi connectivity index (χ0v) is 18.8. The third-order valence-electron chi connectivity index (χ3n) is 5.49. The first-order valence-electron chi connectivity index (χ1n) is 10.3. The highest BCUT2D eigenvalue weighted by Gasteiger charge is 2.22. The van der Waals surface area contributed by atoms with Crippen LogP contribution in [0.3, 0.4) is 0 Å². The van der Waals surface area contributed by atoms with Crippen LogP contribution in [0.25, 0.3) is 55.3 Å². The summed E-state index contributed by atoms with van der Waals surface area (Å²) in [5.41, 5.74) is 4.07. The van der Waals surface area contributed by atoms with Crippen LogP contribution in [0.5, 0.6) is 0 Å². The molecule has 0 spiro atoms. The van der Waals surface area contributed by atoms with Crippen molar-refractivity contribution in [2.24, 2.45) is 0 Å². The van der Waals surface area contributed by atoms with E-state index >= 15 is 4.39 Å². The van der Waals surface area contributed by atoms with Gasteiger partial charge in [-0.25, -0.2) is 9.37 Å². The van der Waals surface area contributed by atoms with Crippen molar-refractivity contribution >= 4 is 39.0 Å². The van der Waals surface area contributed by atoms with Crippen molar-refractivity contribution in [3.63, 3.8) is 0 Å². The number of fused-ring (bicyclic) bond motifs is 2. The van der Waals surface area contributed by atoms with Gasteiger partial charge in [0, 0.05) is 32.1 Å². The summed E-state index contributed by atoms with van der Waals surface area (Å²) in [7, 11) is 3.77. The van der Waals surface area contributed by atoms with Crippen molar-refractivity contribution in [2.75, 3.05) is 19.0 Å². The molecule has 2 N–H and O–H groups in total. The molecule has 0 aliphatic rings. The Kier molecular flexibility index (Phi) is 4.59. The van der Waals surface area contributed by atoms with Gasteiger partial charge in [-0.15, -0.1) is 11.3 Å². The largest absolute Gasteiger partial charge is 0.376 e. The quantitative estimate of drug-likeness (QED) is 0.372. The standard InChI is InChI=1S/C23H16F2N8S/c1-33(2)12-7-11(8-26-9-12)19-18(25)17-14(10-28-19)31-32-22(17)23-29-13-5-6-27-21(20(13)30-23)15-3-4-16(24)34-15/h3-10H,1-2H3,(H,29,30)(H,31,32). The summed E-state index contributed by atoms with van der Waals surface area (Å²) in [4.78, 5) is 23.3. The Morgan fingerprint density at radius 1 is 0.941 bits per heavy atom. The average molecular weight is 475 g/mol. The van der Waals surface area contributed by atoms with E-state index in [1.165, 1.54) is 12.3 Å². The molecule has 6 rings (SSSR count). The molecule has 0 saturated carbocycles. The Morgan fingerprint density at radius 2 is 1.82 bits per heavy atom. The molecule has 0 atom stereocenters. The molecule has 6 aromatic rings. The molecule has 11 heteroatoms. The van der Waals surface area contributed by atoms with Crippen molar-refractivity contribution in [3.8, 4) is 33.3 Å². The first kappa shape index (κ1) is 20.4. The van der Waals surface area contributed by atoms with Gasteiger partial charge in [0.25, 0.3) is 0 Å². The van der Waals surface area contributed by atoms with Crippen molar-refractivity contribution in [2.45, 2.75) is 0 Å². The van der Waals surface area contributed by atoms with E-state index in [0.29, 0.717) is 44.2 Å². The first-order valence-corrected chi connectivity index (χ1v) is 11.1. The van der Waals surface area contributed by atoms with Crippen LogP contribution in [-0.4, -0.2) is 49.2 Å². The molecule has 8 nitrogen and oxygen atoms in total. The number of aromatic amines is 2. The number of pyridine rings is 3. The summed E-state index contributed by atoms with van der Waals surface area (Å²) in [6, 6.07) is 6.63. The molecule has 0 saturated heterocycles. The van der Waals surface area contributed by atoms with Gasteiger partial charge in [0.15, 0.2) is 16.8 Å². The number of thiophene rings is 1. The van der Waals surface area contributed by atoms with E-state index in [1.807, 2.05) is 25.1 Å². The van der Waals surface area contributed by atoms with E-state index in [1.54, 1.807) is 30.7 Å². The number of halogens is 2. The predicted molar refractivity (Wildman–Crippen MR) is 128 cm³/mol. The molecule has 0 aliphatic heterocycles. The maximum atomic E-state index is 15.8. The molecular weight excluding hydrogens is 458 g/mol. The zero-order valence-electron chi connectivity index (χ0n) is 18.0.